The summed E-state index contributed by atoms with van der Waals surface area (Å²) in [6, 6.07) is 4.66. The molecule has 0 bridgehead atoms. The number of ether oxygens (including phenoxy) is 1. The monoisotopic (exact) mass is 303 g/mol. The second-order valence-corrected chi connectivity index (χ2v) is 5.39. The van der Waals surface area contributed by atoms with Gasteiger partial charge < -0.3 is 20.3 Å². The molecule has 0 saturated heterocycles. The van der Waals surface area contributed by atoms with E-state index < -0.39 is 23.7 Å². The summed E-state index contributed by atoms with van der Waals surface area (Å²) in [6.45, 7) is 5.07. The summed E-state index contributed by atoms with van der Waals surface area (Å²) in [6.07, 6.45) is -0.708. The Kier molecular flexibility index (Phi) is 7.78. The first-order valence-electron chi connectivity index (χ1n) is 6.15. The topological polar surface area (TPSA) is 98.7 Å². The van der Waals surface area contributed by atoms with Gasteiger partial charge in [-0.1, -0.05) is 24.3 Å². The number of rotatable bonds is 4. The largest absolute Gasteiger partial charge is 1.00 e. The maximum Gasteiger partial charge on any atom is 1.00 e. The zero-order chi connectivity index (χ0) is 15.3. The third kappa shape index (κ3) is 7.94. The van der Waals surface area contributed by atoms with Gasteiger partial charge in [0.2, 0.25) is 0 Å². The Morgan fingerprint density at radius 2 is 1.81 bits per heavy atom. The minimum atomic E-state index is -1.16. The smallest absolute Gasteiger partial charge is 0.872 e. The van der Waals surface area contributed by atoms with Gasteiger partial charge in [-0.15, -0.1) is 5.75 Å². The fourth-order valence-corrected chi connectivity index (χ4v) is 1.51. The molecule has 0 aliphatic carbocycles. The molecule has 0 radical (unpaired) electrons. The molecule has 0 unspecified atom stereocenters. The molecule has 0 saturated carbocycles. The first-order chi connectivity index (χ1) is 9.17. The van der Waals surface area contributed by atoms with Gasteiger partial charge in [0.25, 0.3) is 0 Å². The molecule has 0 aromatic heterocycles. The van der Waals surface area contributed by atoms with E-state index in [0.29, 0.717) is 5.56 Å². The van der Waals surface area contributed by atoms with Crippen LogP contribution < -0.4 is 40.0 Å². The Bertz CT molecular complexity index is 481. The molecular formula is C14H18NNaO5. The third-order valence-corrected chi connectivity index (χ3v) is 2.35. The number of aliphatic carboxylic acids is 1. The fraction of sp³-hybridized carbons (Fsp3) is 0.429. The van der Waals surface area contributed by atoms with Gasteiger partial charge in [-0.25, -0.2) is 9.59 Å². The molecule has 1 amide bonds. The number of hydrogen-bond acceptors (Lipinski definition) is 4. The van der Waals surface area contributed by atoms with Crippen LogP contribution in [0, 0.1) is 0 Å². The van der Waals surface area contributed by atoms with Crippen molar-refractivity contribution in [1.82, 2.24) is 5.32 Å². The van der Waals surface area contributed by atoms with Gasteiger partial charge in [0, 0.05) is 6.42 Å². The van der Waals surface area contributed by atoms with E-state index in [0.717, 1.165) is 0 Å². The summed E-state index contributed by atoms with van der Waals surface area (Å²) < 4.78 is 5.01. The van der Waals surface area contributed by atoms with Crippen molar-refractivity contribution < 1.29 is 54.1 Å². The van der Waals surface area contributed by atoms with Gasteiger partial charge >= 0.3 is 41.6 Å². The van der Waals surface area contributed by atoms with Gasteiger partial charge in [0.15, 0.2) is 0 Å². The number of carbonyl (C=O) groups excluding carboxylic acids is 1. The minimum Gasteiger partial charge on any atom is -0.872 e. The fourth-order valence-electron chi connectivity index (χ4n) is 1.51. The molecule has 1 rings (SSSR count). The Hall–Kier alpha value is -1.24. The summed E-state index contributed by atoms with van der Waals surface area (Å²) in [4.78, 5) is 22.7. The normalized spacial score (nSPS) is 12.0. The van der Waals surface area contributed by atoms with E-state index in [1.165, 1.54) is 24.3 Å². The van der Waals surface area contributed by atoms with E-state index in [2.05, 4.69) is 5.32 Å². The van der Waals surface area contributed by atoms with Crippen molar-refractivity contribution in [3.8, 4) is 5.75 Å². The predicted molar refractivity (Wildman–Crippen MR) is 70.4 cm³/mol. The van der Waals surface area contributed by atoms with Crippen molar-refractivity contribution >= 4 is 12.1 Å². The zero-order valence-corrected chi connectivity index (χ0v) is 14.7. The first-order valence-corrected chi connectivity index (χ1v) is 6.15. The number of carboxylic acid groups (broad SMARTS) is 1. The van der Waals surface area contributed by atoms with Crippen LogP contribution >= 0.6 is 0 Å². The molecule has 0 aliphatic rings. The predicted octanol–water partition coefficient (Wildman–Crippen LogP) is -1.72. The van der Waals surface area contributed by atoms with Crippen molar-refractivity contribution in [1.29, 1.82) is 0 Å². The number of alkyl carbamates (subject to hydrolysis) is 1. The summed E-state index contributed by atoms with van der Waals surface area (Å²) in [5, 5.41) is 22.4. The van der Waals surface area contributed by atoms with Crippen molar-refractivity contribution in [3.05, 3.63) is 29.8 Å². The Morgan fingerprint density at radius 1 is 1.29 bits per heavy atom. The average molecular weight is 303 g/mol. The van der Waals surface area contributed by atoms with Gasteiger partial charge in [-0.2, -0.15) is 0 Å². The van der Waals surface area contributed by atoms with Gasteiger partial charge in [0.05, 0.1) is 0 Å². The van der Waals surface area contributed by atoms with E-state index in [4.69, 9.17) is 9.84 Å². The number of benzene rings is 1. The Labute approximate surface area is 145 Å². The molecule has 1 aromatic carbocycles. The van der Waals surface area contributed by atoms with Crippen LogP contribution in [-0.4, -0.2) is 28.8 Å². The van der Waals surface area contributed by atoms with Crippen LogP contribution in [0.1, 0.15) is 26.3 Å². The second kappa shape index (κ2) is 8.26. The Balaban J connectivity index is 0.00000400. The molecule has 110 valence electrons. The van der Waals surface area contributed by atoms with Gasteiger partial charge in [-0.05, 0) is 26.3 Å². The van der Waals surface area contributed by atoms with Crippen molar-refractivity contribution in [2.24, 2.45) is 0 Å². The van der Waals surface area contributed by atoms with Crippen molar-refractivity contribution in [3.63, 3.8) is 0 Å². The molecule has 0 aliphatic heterocycles. The number of carboxylic acids is 1. The van der Waals surface area contributed by atoms with Crippen LogP contribution in [0.15, 0.2) is 24.3 Å². The van der Waals surface area contributed by atoms with Gasteiger partial charge in [-0.3, -0.25) is 0 Å². The molecule has 0 heterocycles. The quantitative estimate of drug-likeness (QED) is 0.645. The molecule has 1 aromatic rings. The van der Waals surface area contributed by atoms with Crippen molar-refractivity contribution in [2.75, 3.05) is 0 Å². The summed E-state index contributed by atoms with van der Waals surface area (Å²) in [7, 11) is 0. The molecule has 0 spiro atoms. The first kappa shape index (κ1) is 19.8. The number of amides is 1. The summed E-state index contributed by atoms with van der Waals surface area (Å²) >= 11 is 0. The standard InChI is InChI=1S/C14H19NO5.Na/c1-14(2,3)20-13(19)15-11(12(17)18)8-9-4-6-10(16)7-5-9;/h4-7,11,16H,8H2,1-3H3,(H,15,19)(H,17,18);/q;+1/p-1/t11-;/m0./s1. The molecule has 21 heavy (non-hydrogen) atoms. The number of hydrogen-bond donors (Lipinski definition) is 2. The Morgan fingerprint density at radius 3 is 2.24 bits per heavy atom. The number of carbonyl (C=O) groups is 2. The number of nitrogens with one attached hydrogen (secondary N) is 1. The van der Waals surface area contributed by atoms with Gasteiger partial charge in [0.1, 0.15) is 11.6 Å². The van der Waals surface area contributed by atoms with E-state index in [1.807, 2.05) is 0 Å². The molecule has 6 nitrogen and oxygen atoms in total. The van der Waals surface area contributed by atoms with Crippen LogP contribution in [0.2, 0.25) is 0 Å². The van der Waals surface area contributed by atoms with Crippen LogP contribution in [0.4, 0.5) is 4.79 Å². The maximum atomic E-state index is 11.6. The molecule has 1 atom stereocenters. The maximum absolute atomic E-state index is 11.6. The zero-order valence-electron chi connectivity index (χ0n) is 12.7. The van der Waals surface area contributed by atoms with E-state index in [9.17, 15) is 14.7 Å². The SMILES string of the molecule is CC(C)(C)OC(=O)N[C@@H](Cc1ccc([O-])cc1)C(=O)O.[Na+]. The third-order valence-electron chi connectivity index (χ3n) is 2.35. The van der Waals surface area contributed by atoms with Crippen LogP contribution in [0.3, 0.4) is 0 Å². The molecule has 7 heteroatoms. The minimum absolute atomic E-state index is 0. The summed E-state index contributed by atoms with van der Waals surface area (Å²) in [5.41, 5.74) is -0.0507. The van der Waals surface area contributed by atoms with Crippen molar-refractivity contribution in [2.45, 2.75) is 38.8 Å². The van der Waals surface area contributed by atoms with Crippen LogP contribution in [0.5, 0.6) is 5.75 Å². The van der Waals surface area contributed by atoms with Crippen LogP contribution in [-0.2, 0) is 16.0 Å². The van der Waals surface area contributed by atoms with E-state index in [-0.39, 0.29) is 41.7 Å². The van der Waals surface area contributed by atoms with Crippen LogP contribution in [0.25, 0.3) is 0 Å². The molecule has 2 N–H and O–H groups in total. The second-order valence-electron chi connectivity index (χ2n) is 5.39. The summed E-state index contributed by atoms with van der Waals surface area (Å²) in [5.74, 6) is -1.32. The average Bonchev–Trinajstić information content (AvgIpc) is 2.28. The molecule has 0 fully saturated rings. The van der Waals surface area contributed by atoms with E-state index in [1.54, 1.807) is 20.8 Å². The molecular weight excluding hydrogens is 285 g/mol. The van der Waals surface area contributed by atoms with E-state index >= 15 is 0 Å².